The molecule has 1 aliphatic heterocycles. The molecule has 0 fully saturated rings. The second kappa shape index (κ2) is 3.82. The van der Waals surface area contributed by atoms with Crippen LogP contribution in [0.5, 0.6) is 0 Å². The van der Waals surface area contributed by atoms with Crippen LogP contribution >= 0.6 is 15.9 Å². The molecule has 14 heavy (non-hydrogen) atoms. The molecular weight excluding hydrogens is 246 g/mol. The molecule has 2 rings (SSSR count). The van der Waals surface area contributed by atoms with Crippen LogP contribution in [-0.2, 0) is 11.2 Å². The molecule has 0 spiro atoms. The minimum Gasteiger partial charge on any atom is -0.302 e. The van der Waals surface area contributed by atoms with Gasteiger partial charge in [-0.15, -0.1) is 0 Å². The van der Waals surface area contributed by atoms with Crippen molar-refractivity contribution in [3.8, 4) is 0 Å². The fraction of sp³-hybridized carbons (Fsp3) is 0.556. The number of aromatic amines is 1. The summed E-state index contributed by atoms with van der Waals surface area (Å²) in [4.78, 5) is 12.6. The Kier molecular flexibility index (Phi) is 2.69. The van der Waals surface area contributed by atoms with Gasteiger partial charge in [-0.2, -0.15) is 5.10 Å². The summed E-state index contributed by atoms with van der Waals surface area (Å²) < 4.78 is 0.871. The summed E-state index contributed by atoms with van der Waals surface area (Å²) >= 11 is 3.41. The first-order valence-electron chi connectivity index (χ1n) is 4.64. The number of carbonyl (C=O) groups is 1. The van der Waals surface area contributed by atoms with E-state index in [0.717, 1.165) is 23.9 Å². The number of carbonyl (C=O) groups excluding carboxylic acids is 1. The van der Waals surface area contributed by atoms with Crippen molar-refractivity contribution < 1.29 is 4.79 Å². The summed E-state index contributed by atoms with van der Waals surface area (Å²) in [7, 11) is 0. The Labute approximate surface area is 90.8 Å². The average molecular weight is 258 g/mol. The Hall–Kier alpha value is -0.680. The number of aldehydes is 1. The van der Waals surface area contributed by atoms with Crippen LogP contribution in [0, 0.1) is 0 Å². The molecule has 0 aromatic carbocycles. The quantitative estimate of drug-likeness (QED) is 0.813. The van der Waals surface area contributed by atoms with Crippen LogP contribution in [0.2, 0.25) is 0 Å². The number of H-pyrrole nitrogens is 1. The lowest BCUT2D eigenvalue weighted by Gasteiger charge is -2.31. The topological polar surface area (TPSA) is 49.0 Å². The van der Waals surface area contributed by atoms with Gasteiger partial charge in [0.1, 0.15) is 10.9 Å². The van der Waals surface area contributed by atoms with E-state index in [1.54, 1.807) is 0 Å². The second-order valence-corrected chi connectivity index (χ2v) is 4.25. The van der Waals surface area contributed by atoms with Gasteiger partial charge in [-0.3, -0.25) is 10.00 Å². The standard InChI is InChI=1S/C9H12BrN3O/c1-6-8-7(11-12-9(8)10)2-3-13(6)4-5-14/h5-6H,2-4H2,1H3,(H,11,12). The maximum atomic E-state index is 10.5. The van der Waals surface area contributed by atoms with E-state index in [2.05, 4.69) is 38.0 Å². The minimum atomic E-state index is 0.261. The molecule has 1 aliphatic rings. The molecule has 0 saturated heterocycles. The van der Waals surface area contributed by atoms with Crippen molar-refractivity contribution in [2.24, 2.45) is 0 Å². The number of hydrogen-bond donors (Lipinski definition) is 1. The van der Waals surface area contributed by atoms with Gasteiger partial charge < -0.3 is 4.79 Å². The van der Waals surface area contributed by atoms with E-state index < -0.39 is 0 Å². The molecule has 0 saturated carbocycles. The van der Waals surface area contributed by atoms with Crippen LogP contribution in [0.4, 0.5) is 0 Å². The highest BCUT2D eigenvalue weighted by atomic mass is 79.9. The molecule has 2 heterocycles. The van der Waals surface area contributed by atoms with Gasteiger partial charge in [0.25, 0.3) is 0 Å². The first kappa shape index (κ1) is 9.86. The number of nitrogens with one attached hydrogen (secondary N) is 1. The van der Waals surface area contributed by atoms with E-state index in [1.807, 2.05) is 0 Å². The predicted octanol–water partition coefficient (Wildman–Crippen LogP) is 1.29. The fourth-order valence-electron chi connectivity index (χ4n) is 1.95. The third kappa shape index (κ3) is 1.50. The van der Waals surface area contributed by atoms with Crippen molar-refractivity contribution in [3.05, 3.63) is 15.9 Å². The van der Waals surface area contributed by atoms with E-state index >= 15 is 0 Å². The van der Waals surface area contributed by atoms with Crippen molar-refractivity contribution in [1.82, 2.24) is 15.1 Å². The van der Waals surface area contributed by atoms with Crippen molar-refractivity contribution >= 4 is 22.2 Å². The highest BCUT2D eigenvalue weighted by Gasteiger charge is 2.27. The minimum absolute atomic E-state index is 0.261. The Morgan fingerprint density at radius 1 is 1.79 bits per heavy atom. The monoisotopic (exact) mass is 257 g/mol. The third-order valence-corrected chi connectivity index (χ3v) is 3.36. The van der Waals surface area contributed by atoms with Gasteiger partial charge in [-0.05, 0) is 22.9 Å². The summed E-state index contributed by atoms with van der Waals surface area (Å²) in [5.74, 6) is 0. The van der Waals surface area contributed by atoms with Gasteiger partial charge in [0.2, 0.25) is 0 Å². The highest BCUT2D eigenvalue weighted by Crippen LogP contribution is 2.32. The maximum absolute atomic E-state index is 10.5. The summed E-state index contributed by atoms with van der Waals surface area (Å²) in [6.07, 6.45) is 1.89. The van der Waals surface area contributed by atoms with Gasteiger partial charge in [-0.1, -0.05) is 0 Å². The van der Waals surface area contributed by atoms with E-state index in [1.165, 1.54) is 11.3 Å². The van der Waals surface area contributed by atoms with Gasteiger partial charge >= 0.3 is 0 Å². The molecule has 0 radical (unpaired) electrons. The molecule has 4 nitrogen and oxygen atoms in total. The SMILES string of the molecule is CC1c2c(Br)n[nH]c2CCN1CC=O. The van der Waals surface area contributed by atoms with E-state index in [4.69, 9.17) is 0 Å². The van der Waals surface area contributed by atoms with Gasteiger partial charge in [0.05, 0.1) is 6.54 Å². The van der Waals surface area contributed by atoms with Crippen LogP contribution in [0.25, 0.3) is 0 Å². The van der Waals surface area contributed by atoms with Crippen molar-refractivity contribution in [2.45, 2.75) is 19.4 Å². The van der Waals surface area contributed by atoms with Crippen molar-refractivity contribution in [3.63, 3.8) is 0 Å². The van der Waals surface area contributed by atoms with Gasteiger partial charge in [0, 0.05) is 30.3 Å². The molecule has 0 aliphatic carbocycles. The van der Waals surface area contributed by atoms with Crippen LogP contribution in [0.1, 0.15) is 24.2 Å². The maximum Gasteiger partial charge on any atom is 0.134 e. The predicted molar refractivity (Wildman–Crippen MR) is 56.0 cm³/mol. The number of halogens is 1. The summed E-state index contributed by atoms with van der Waals surface area (Å²) in [6, 6.07) is 0.261. The molecule has 0 amide bonds. The molecule has 1 aromatic heterocycles. The number of aromatic nitrogens is 2. The zero-order valence-electron chi connectivity index (χ0n) is 7.96. The molecule has 1 N–H and O–H groups in total. The van der Waals surface area contributed by atoms with E-state index in [0.29, 0.717) is 6.54 Å². The lowest BCUT2D eigenvalue weighted by atomic mass is 10.0. The average Bonchev–Trinajstić information content (AvgIpc) is 2.54. The fourth-order valence-corrected chi connectivity index (χ4v) is 2.61. The zero-order valence-corrected chi connectivity index (χ0v) is 9.54. The van der Waals surface area contributed by atoms with Crippen molar-refractivity contribution in [1.29, 1.82) is 0 Å². The largest absolute Gasteiger partial charge is 0.302 e. The summed E-state index contributed by atoms with van der Waals surface area (Å²) in [5.41, 5.74) is 2.38. The molecule has 5 heteroatoms. The third-order valence-electron chi connectivity index (χ3n) is 2.76. The molecule has 1 aromatic rings. The van der Waals surface area contributed by atoms with Crippen LogP contribution in [0.3, 0.4) is 0 Å². The zero-order chi connectivity index (χ0) is 10.1. The summed E-state index contributed by atoms with van der Waals surface area (Å²) in [5, 5.41) is 7.13. The van der Waals surface area contributed by atoms with Crippen LogP contribution in [-0.4, -0.2) is 34.5 Å². The first-order valence-corrected chi connectivity index (χ1v) is 5.43. The molecule has 1 unspecified atom stereocenters. The second-order valence-electron chi connectivity index (χ2n) is 3.49. The highest BCUT2D eigenvalue weighted by molar-refractivity contribution is 9.10. The number of nitrogens with zero attached hydrogens (tertiary/aromatic N) is 2. The Morgan fingerprint density at radius 2 is 2.57 bits per heavy atom. The Balaban J connectivity index is 2.29. The van der Waals surface area contributed by atoms with Crippen LogP contribution < -0.4 is 0 Å². The number of hydrogen-bond acceptors (Lipinski definition) is 3. The van der Waals surface area contributed by atoms with Crippen LogP contribution in [0.15, 0.2) is 4.60 Å². The molecule has 0 bridgehead atoms. The molecular formula is C9H12BrN3O. The smallest absolute Gasteiger partial charge is 0.134 e. The van der Waals surface area contributed by atoms with E-state index in [9.17, 15) is 4.79 Å². The Morgan fingerprint density at radius 3 is 3.29 bits per heavy atom. The normalized spacial score (nSPS) is 22.0. The molecule has 1 atom stereocenters. The van der Waals surface area contributed by atoms with Gasteiger partial charge in [0.15, 0.2) is 0 Å². The lowest BCUT2D eigenvalue weighted by Crippen LogP contribution is -2.35. The lowest BCUT2D eigenvalue weighted by molar-refractivity contribution is -0.109. The molecule has 76 valence electrons. The summed E-state index contributed by atoms with van der Waals surface area (Å²) in [6.45, 7) is 3.52. The first-order chi connectivity index (χ1) is 6.74. The number of fused-ring (bicyclic) bond motifs is 1. The number of rotatable bonds is 2. The Bertz CT molecular complexity index is 350. The van der Waals surface area contributed by atoms with Crippen molar-refractivity contribution in [2.75, 3.05) is 13.1 Å². The van der Waals surface area contributed by atoms with E-state index in [-0.39, 0.29) is 6.04 Å². The van der Waals surface area contributed by atoms with Gasteiger partial charge in [-0.25, -0.2) is 0 Å².